The molecule has 1 unspecified atom stereocenters. The average Bonchev–Trinajstić information content (AvgIpc) is 2.38. The van der Waals surface area contributed by atoms with Crippen molar-refractivity contribution in [2.75, 3.05) is 19.8 Å². The van der Waals surface area contributed by atoms with Gasteiger partial charge in [0.05, 0.1) is 31.4 Å². The fourth-order valence-electron chi connectivity index (χ4n) is 3.12. The van der Waals surface area contributed by atoms with Crippen molar-refractivity contribution in [3.05, 3.63) is 0 Å². The van der Waals surface area contributed by atoms with Gasteiger partial charge in [-0.2, -0.15) is 0 Å². The number of aliphatic hydroxyl groups is 1. The van der Waals surface area contributed by atoms with Gasteiger partial charge in [-0.05, 0) is 33.6 Å². The molecule has 116 valence electrons. The normalized spacial score (nSPS) is 26.6. The van der Waals surface area contributed by atoms with Crippen LogP contribution in [0.15, 0.2) is 0 Å². The Bertz CT molecular complexity index is 344. The summed E-state index contributed by atoms with van der Waals surface area (Å²) in [6, 6.07) is 0. The zero-order valence-electron chi connectivity index (χ0n) is 12.9. The number of ether oxygens (including phenoxy) is 2. The summed E-state index contributed by atoms with van der Waals surface area (Å²) >= 11 is 0. The number of carbonyl (C=O) groups excluding carboxylic acids is 1. The molecule has 1 aliphatic heterocycles. The Balaban J connectivity index is 2.15. The number of rotatable bonds is 1. The second kappa shape index (κ2) is 5.90. The van der Waals surface area contributed by atoms with E-state index >= 15 is 0 Å². The van der Waals surface area contributed by atoms with E-state index in [0.29, 0.717) is 13.2 Å². The van der Waals surface area contributed by atoms with E-state index in [4.69, 9.17) is 9.47 Å². The fourth-order valence-corrected chi connectivity index (χ4v) is 3.12. The third-order valence-corrected chi connectivity index (χ3v) is 4.15. The van der Waals surface area contributed by atoms with Crippen molar-refractivity contribution in [2.45, 2.75) is 70.1 Å². The Morgan fingerprint density at radius 2 is 2.00 bits per heavy atom. The first-order chi connectivity index (χ1) is 9.36. The van der Waals surface area contributed by atoms with Gasteiger partial charge in [-0.1, -0.05) is 19.3 Å². The first-order valence-electron chi connectivity index (χ1n) is 7.59. The molecular formula is C15H27NO4. The van der Waals surface area contributed by atoms with Gasteiger partial charge in [-0.15, -0.1) is 0 Å². The molecule has 0 radical (unpaired) electrons. The molecule has 1 amide bonds. The zero-order valence-corrected chi connectivity index (χ0v) is 12.9. The van der Waals surface area contributed by atoms with Crippen LogP contribution in [0.4, 0.5) is 4.79 Å². The molecule has 20 heavy (non-hydrogen) atoms. The molecule has 0 aromatic carbocycles. The SMILES string of the molecule is CC(C)(C)OC(=O)N1CC(CO)OCC12CCCCC2. The topological polar surface area (TPSA) is 59.0 Å². The molecule has 2 fully saturated rings. The highest BCUT2D eigenvalue weighted by atomic mass is 16.6. The minimum Gasteiger partial charge on any atom is -0.444 e. The lowest BCUT2D eigenvalue weighted by atomic mass is 9.80. The van der Waals surface area contributed by atoms with E-state index < -0.39 is 5.60 Å². The lowest BCUT2D eigenvalue weighted by Crippen LogP contribution is -2.63. The van der Waals surface area contributed by atoms with E-state index in [-0.39, 0.29) is 24.3 Å². The number of hydrogen-bond acceptors (Lipinski definition) is 4. The van der Waals surface area contributed by atoms with E-state index in [9.17, 15) is 9.90 Å². The highest BCUT2D eigenvalue weighted by Gasteiger charge is 2.46. The molecule has 1 atom stereocenters. The fraction of sp³-hybridized carbons (Fsp3) is 0.933. The summed E-state index contributed by atoms with van der Waals surface area (Å²) in [6.07, 6.45) is 4.80. The first kappa shape index (κ1) is 15.6. The molecule has 2 aliphatic rings. The van der Waals surface area contributed by atoms with Crippen LogP contribution in [0, 0.1) is 0 Å². The van der Waals surface area contributed by atoms with Gasteiger partial charge in [0.25, 0.3) is 0 Å². The standard InChI is InChI=1S/C15H27NO4/c1-14(2,3)20-13(18)16-9-12(10-17)19-11-15(16)7-5-4-6-8-15/h12,17H,4-11H2,1-3H3. The summed E-state index contributed by atoms with van der Waals surface area (Å²) in [6.45, 7) is 6.51. The molecule has 1 saturated carbocycles. The smallest absolute Gasteiger partial charge is 0.410 e. The van der Waals surface area contributed by atoms with Crippen molar-refractivity contribution in [3.63, 3.8) is 0 Å². The van der Waals surface area contributed by atoms with Gasteiger partial charge in [-0.25, -0.2) is 4.79 Å². The number of nitrogens with zero attached hydrogens (tertiary/aromatic N) is 1. The summed E-state index contributed by atoms with van der Waals surface area (Å²) in [5, 5.41) is 9.31. The maximum atomic E-state index is 12.5. The summed E-state index contributed by atoms with van der Waals surface area (Å²) < 4.78 is 11.3. The number of carbonyl (C=O) groups is 1. The summed E-state index contributed by atoms with van der Waals surface area (Å²) in [7, 11) is 0. The lowest BCUT2D eigenvalue weighted by molar-refractivity contribution is -0.132. The molecule has 2 rings (SSSR count). The number of hydrogen-bond donors (Lipinski definition) is 1. The number of aliphatic hydroxyl groups excluding tert-OH is 1. The van der Waals surface area contributed by atoms with Crippen molar-refractivity contribution in [3.8, 4) is 0 Å². The first-order valence-corrected chi connectivity index (χ1v) is 7.59. The van der Waals surface area contributed by atoms with Crippen LogP contribution >= 0.6 is 0 Å². The highest BCUT2D eigenvalue weighted by Crippen LogP contribution is 2.37. The van der Waals surface area contributed by atoms with Crippen molar-refractivity contribution in [1.82, 2.24) is 4.90 Å². The van der Waals surface area contributed by atoms with Crippen molar-refractivity contribution in [1.29, 1.82) is 0 Å². The van der Waals surface area contributed by atoms with Crippen molar-refractivity contribution >= 4 is 6.09 Å². The minimum absolute atomic E-state index is 0.0601. The summed E-state index contributed by atoms with van der Waals surface area (Å²) in [5.74, 6) is 0. The van der Waals surface area contributed by atoms with Crippen LogP contribution in [0.2, 0.25) is 0 Å². The van der Waals surface area contributed by atoms with Crippen molar-refractivity contribution in [2.24, 2.45) is 0 Å². The number of amides is 1. The van der Waals surface area contributed by atoms with E-state index in [1.807, 2.05) is 25.7 Å². The Hall–Kier alpha value is -0.810. The Kier molecular flexibility index (Phi) is 4.59. The second-order valence-electron chi connectivity index (χ2n) is 6.99. The van der Waals surface area contributed by atoms with Crippen LogP contribution in [-0.4, -0.2) is 53.1 Å². The molecule has 1 aliphatic carbocycles. The van der Waals surface area contributed by atoms with Crippen LogP contribution in [0.3, 0.4) is 0 Å². The lowest BCUT2D eigenvalue weighted by Gasteiger charge is -2.50. The maximum Gasteiger partial charge on any atom is 0.410 e. The molecule has 5 heteroatoms. The van der Waals surface area contributed by atoms with E-state index in [2.05, 4.69) is 0 Å². The molecule has 0 bridgehead atoms. The highest BCUT2D eigenvalue weighted by molar-refractivity contribution is 5.69. The van der Waals surface area contributed by atoms with Gasteiger partial charge in [0.15, 0.2) is 0 Å². The van der Waals surface area contributed by atoms with Gasteiger partial charge in [0.2, 0.25) is 0 Å². The maximum absolute atomic E-state index is 12.5. The molecule has 5 nitrogen and oxygen atoms in total. The predicted octanol–water partition coefficient (Wildman–Crippen LogP) is 2.32. The number of morpholine rings is 1. The predicted molar refractivity (Wildman–Crippen MR) is 75.6 cm³/mol. The minimum atomic E-state index is -0.500. The largest absolute Gasteiger partial charge is 0.444 e. The van der Waals surface area contributed by atoms with E-state index in [0.717, 1.165) is 25.7 Å². The molecule has 1 spiro atoms. The van der Waals surface area contributed by atoms with Crippen LogP contribution < -0.4 is 0 Å². The molecule has 1 heterocycles. The summed E-state index contributed by atoms with van der Waals surface area (Å²) in [5.41, 5.74) is -0.730. The van der Waals surface area contributed by atoms with Gasteiger partial charge in [0, 0.05) is 0 Å². The van der Waals surface area contributed by atoms with Crippen molar-refractivity contribution < 1.29 is 19.4 Å². The van der Waals surface area contributed by atoms with Gasteiger partial charge in [0.1, 0.15) is 5.60 Å². The molecule has 0 aromatic heterocycles. The summed E-state index contributed by atoms with van der Waals surface area (Å²) in [4.78, 5) is 14.3. The van der Waals surface area contributed by atoms with Crippen LogP contribution in [0.5, 0.6) is 0 Å². The molecule has 1 N–H and O–H groups in total. The molecule has 0 aromatic rings. The van der Waals surface area contributed by atoms with Crippen LogP contribution in [-0.2, 0) is 9.47 Å². The average molecular weight is 285 g/mol. The van der Waals surface area contributed by atoms with Gasteiger partial charge in [-0.3, -0.25) is 4.90 Å². The Labute approximate surface area is 121 Å². The van der Waals surface area contributed by atoms with Gasteiger partial charge < -0.3 is 14.6 Å². The van der Waals surface area contributed by atoms with Crippen LogP contribution in [0.25, 0.3) is 0 Å². The monoisotopic (exact) mass is 285 g/mol. The molecule has 1 saturated heterocycles. The third kappa shape index (κ3) is 3.44. The second-order valence-corrected chi connectivity index (χ2v) is 6.99. The molecular weight excluding hydrogens is 258 g/mol. The zero-order chi connectivity index (χ0) is 14.8. The Morgan fingerprint density at radius 3 is 2.55 bits per heavy atom. The van der Waals surface area contributed by atoms with E-state index in [1.54, 1.807) is 0 Å². The Morgan fingerprint density at radius 1 is 1.35 bits per heavy atom. The van der Waals surface area contributed by atoms with Crippen LogP contribution in [0.1, 0.15) is 52.9 Å². The quantitative estimate of drug-likeness (QED) is 0.803. The van der Waals surface area contributed by atoms with E-state index in [1.165, 1.54) is 6.42 Å². The van der Waals surface area contributed by atoms with Gasteiger partial charge >= 0.3 is 6.09 Å². The third-order valence-electron chi connectivity index (χ3n) is 4.15.